The molecule has 21 heavy (non-hydrogen) atoms. The molecule has 5 nitrogen and oxygen atoms in total. The van der Waals surface area contributed by atoms with Crippen LogP contribution in [0.3, 0.4) is 0 Å². The molecule has 1 atom stereocenters. The third-order valence-electron chi connectivity index (χ3n) is 3.20. The number of rotatable bonds is 5. The summed E-state index contributed by atoms with van der Waals surface area (Å²) in [5.74, 6) is 0.542. The zero-order valence-electron chi connectivity index (χ0n) is 12.3. The number of carbonyl (C=O) groups is 1. The molecule has 0 aromatic carbocycles. The summed E-state index contributed by atoms with van der Waals surface area (Å²) in [5.41, 5.74) is 0.197. The molecule has 0 aliphatic carbocycles. The molecule has 112 valence electrons. The van der Waals surface area contributed by atoms with Crippen molar-refractivity contribution in [3.8, 4) is 0 Å². The molecule has 2 N–H and O–H groups in total. The van der Waals surface area contributed by atoms with Gasteiger partial charge in [0, 0.05) is 20.3 Å². The maximum atomic E-state index is 12.1. The molecule has 0 bridgehead atoms. The lowest BCUT2D eigenvalue weighted by atomic mass is 9.99. The Morgan fingerprint density at radius 1 is 1.43 bits per heavy atom. The fourth-order valence-electron chi connectivity index (χ4n) is 1.81. The van der Waals surface area contributed by atoms with Crippen molar-refractivity contribution in [2.75, 3.05) is 25.5 Å². The van der Waals surface area contributed by atoms with Crippen molar-refractivity contribution in [1.82, 2.24) is 10.3 Å². The van der Waals surface area contributed by atoms with Gasteiger partial charge in [-0.2, -0.15) is 11.3 Å². The molecule has 1 amide bonds. The molecule has 0 aliphatic rings. The van der Waals surface area contributed by atoms with E-state index in [9.17, 15) is 9.90 Å². The van der Waals surface area contributed by atoms with Crippen LogP contribution in [0.15, 0.2) is 35.2 Å². The largest absolute Gasteiger partial charge is 0.384 e. The Hall–Kier alpha value is -1.92. The number of nitrogens with zero attached hydrogens (tertiary/aromatic N) is 2. The standard InChI is InChI=1S/C15H19N3O2S/c1-15(20,12-6-7-21-9-12)10-17-14(19)11-4-5-13(16-8-11)18(2)3/h4-9,20H,10H2,1-3H3,(H,17,19). The summed E-state index contributed by atoms with van der Waals surface area (Å²) in [7, 11) is 3.78. The van der Waals surface area contributed by atoms with E-state index in [0.29, 0.717) is 5.56 Å². The van der Waals surface area contributed by atoms with E-state index in [-0.39, 0.29) is 12.5 Å². The Labute approximate surface area is 128 Å². The minimum absolute atomic E-state index is 0.151. The lowest BCUT2D eigenvalue weighted by Crippen LogP contribution is -2.38. The van der Waals surface area contributed by atoms with E-state index in [4.69, 9.17) is 0 Å². The van der Waals surface area contributed by atoms with E-state index in [0.717, 1.165) is 11.4 Å². The van der Waals surface area contributed by atoms with Crippen LogP contribution in [0.2, 0.25) is 0 Å². The van der Waals surface area contributed by atoms with Gasteiger partial charge in [-0.1, -0.05) is 0 Å². The average Bonchev–Trinajstić information content (AvgIpc) is 3.00. The normalized spacial score (nSPS) is 13.5. The molecule has 0 fully saturated rings. The third kappa shape index (κ3) is 3.80. The van der Waals surface area contributed by atoms with Gasteiger partial charge in [-0.15, -0.1) is 0 Å². The zero-order chi connectivity index (χ0) is 15.5. The Bertz CT molecular complexity index is 592. The SMILES string of the molecule is CN(C)c1ccc(C(=O)NCC(C)(O)c2ccsc2)cn1. The monoisotopic (exact) mass is 305 g/mol. The fraction of sp³-hybridized carbons (Fsp3) is 0.333. The van der Waals surface area contributed by atoms with Crippen LogP contribution in [0, 0.1) is 0 Å². The summed E-state index contributed by atoms with van der Waals surface area (Å²) >= 11 is 1.51. The maximum Gasteiger partial charge on any atom is 0.252 e. The Morgan fingerprint density at radius 3 is 2.71 bits per heavy atom. The second kappa shape index (κ2) is 6.24. The first-order valence-electron chi connectivity index (χ1n) is 6.57. The number of aliphatic hydroxyl groups is 1. The molecule has 0 saturated carbocycles. The van der Waals surface area contributed by atoms with Crippen molar-refractivity contribution in [1.29, 1.82) is 0 Å². The van der Waals surface area contributed by atoms with E-state index in [1.165, 1.54) is 17.5 Å². The number of amides is 1. The third-order valence-corrected chi connectivity index (χ3v) is 3.89. The van der Waals surface area contributed by atoms with Crippen LogP contribution in [0.25, 0.3) is 0 Å². The number of aromatic nitrogens is 1. The Morgan fingerprint density at radius 2 is 2.19 bits per heavy atom. The van der Waals surface area contributed by atoms with E-state index >= 15 is 0 Å². The smallest absolute Gasteiger partial charge is 0.252 e. The quantitative estimate of drug-likeness (QED) is 0.885. The predicted molar refractivity (Wildman–Crippen MR) is 84.8 cm³/mol. The molecule has 0 saturated heterocycles. The maximum absolute atomic E-state index is 12.1. The summed E-state index contributed by atoms with van der Waals surface area (Å²) in [6.45, 7) is 1.83. The zero-order valence-corrected chi connectivity index (χ0v) is 13.1. The minimum atomic E-state index is -1.08. The molecule has 2 rings (SSSR count). The van der Waals surface area contributed by atoms with E-state index in [1.807, 2.05) is 35.8 Å². The number of thiophene rings is 1. The first-order chi connectivity index (χ1) is 9.90. The van der Waals surface area contributed by atoms with Crippen LogP contribution in [-0.4, -0.2) is 36.6 Å². The van der Waals surface area contributed by atoms with Crippen molar-refractivity contribution in [3.63, 3.8) is 0 Å². The molecule has 6 heteroatoms. The van der Waals surface area contributed by atoms with Gasteiger partial charge in [0.05, 0.1) is 12.1 Å². The predicted octanol–water partition coefficient (Wildman–Crippen LogP) is 1.85. The lowest BCUT2D eigenvalue weighted by Gasteiger charge is -2.22. The van der Waals surface area contributed by atoms with Crippen LogP contribution in [0.1, 0.15) is 22.8 Å². The molecule has 0 aliphatic heterocycles. The van der Waals surface area contributed by atoms with Crippen LogP contribution in [0.5, 0.6) is 0 Å². The highest BCUT2D eigenvalue weighted by molar-refractivity contribution is 7.08. The van der Waals surface area contributed by atoms with E-state index in [1.54, 1.807) is 19.1 Å². The van der Waals surface area contributed by atoms with Gasteiger partial charge < -0.3 is 15.3 Å². The molecule has 0 radical (unpaired) electrons. The van der Waals surface area contributed by atoms with Gasteiger partial charge in [0.1, 0.15) is 11.4 Å². The number of hydrogen-bond donors (Lipinski definition) is 2. The summed E-state index contributed by atoms with van der Waals surface area (Å²) in [6.07, 6.45) is 1.53. The topological polar surface area (TPSA) is 65.5 Å². The van der Waals surface area contributed by atoms with Gasteiger partial charge in [0.25, 0.3) is 5.91 Å². The molecule has 2 heterocycles. The second-order valence-corrected chi connectivity index (χ2v) is 6.05. The van der Waals surface area contributed by atoms with E-state index < -0.39 is 5.60 Å². The van der Waals surface area contributed by atoms with Gasteiger partial charge in [-0.05, 0) is 41.4 Å². The molecule has 2 aromatic heterocycles. The first-order valence-corrected chi connectivity index (χ1v) is 7.51. The van der Waals surface area contributed by atoms with Gasteiger partial charge in [-0.25, -0.2) is 4.98 Å². The molecule has 1 unspecified atom stereocenters. The first kappa shape index (κ1) is 15.5. The van der Waals surface area contributed by atoms with Crippen molar-refractivity contribution in [2.24, 2.45) is 0 Å². The minimum Gasteiger partial charge on any atom is -0.384 e. The van der Waals surface area contributed by atoms with Gasteiger partial charge in [0.2, 0.25) is 0 Å². The molecule has 2 aromatic rings. The van der Waals surface area contributed by atoms with Crippen molar-refractivity contribution < 1.29 is 9.90 Å². The van der Waals surface area contributed by atoms with Crippen molar-refractivity contribution >= 4 is 23.1 Å². The Kier molecular flexibility index (Phi) is 4.59. The highest BCUT2D eigenvalue weighted by Gasteiger charge is 2.24. The highest BCUT2D eigenvalue weighted by atomic mass is 32.1. The molecular formula is C15H19N3O2S. The molecule has 0 spiro atoms. The number of pyridine rings is 1. The number of carbonyl (C=O) groups excluding carboxylic acids is 1. The van der Waals surface area contributed by atoms with Crippen LogP contribution < -0.4 is 10.2 Å². The average molecular weight is 305 g/mol. The van der Waals surface area contributed by atoms with Gasteiger partial charge in [-0.3, -0.25) is 4.79 Å². The number of anilines is 1. The van der Waals surface area contributed by atoms with Gasteiger partial charge in [0.15, 0.2) is 0 Å². The van der Waals surface area contributed by atoms with Gasteiger partial charge >= 0.3 is 0 Å². The number of hydrogen-bond acceptors (Lipinski definition) is 5. The lowest BCUT2D eigenvalue weighted by molar-refractivity contribution is 0.0530. The second-order valence-electron chi connectivity index (χ2n) is 5.27. The van der Waals surface area contributed by atoms with Crippen molar-refractivity contribution in [3.05, 3.63) is 46.3 Å². The molecular weight excluding hydrogens is 286 g/mol. The van der Waals surface area contributed by atoms with Crippen LogP contribution in [-0.2, 0) is 5.60 Å². The highest BCUT2D eigenvalue weighted by Crippen LogP contribution is 2.22. The number of nitrogens with one attached hydrogen (secondary N) is 1. The van der Waals surface area contributed by atoms with Crippen molar-refractivity contribution in [2.45, 2.75) is 12.5 Å². The Balaban J connectivity index is 1.98. The van der Waals surface area contributed by atoms with E-state index in [2.05, 4.69) is 10.3 Å². The van der Waals surface area contributed by atoms with Crippen LogP contribution in [0.4, 0.5) is 5.82 Å². The summed E-state index contributed by atoms with van der Waals surface area (Å²) in [5, 5.41) is 16.9. The fourth-order valence-corrected chi connectivity index (χ4v) is 2.60. The summed E-state index contributed by atoms with van der Waals surface area (Å²) < 4.78 is 0. The van der Waals surface area contributed by atoms with Crippen LogP contribution >= 0.6 is 11.3 Å². The summed E-state index contributed by atoms with van der Waals surface area (Å²) in [6, 6.07) is 5.35. The summed E-state index contributed by atoms with van der Waals surface area (Å²) in [4.78, 5) is 18.1.